The van der Waals surface area contributed by atoms with E-state index in [9.17, 15) is 17.9 Å². The summed E-state index contributed by atoms with van der Waals surface area (Å²) >= 11 is -2.36. The van der Waals surface area contributed by atoms with E-state index in [1.807, 2.05) is 0 Å². The maximum absolute atomic E-state index is 14.3. The van der Waals surface area contributed by atoms with Crippen LogP contribution in [0.2, 0.25) is 0 Å². The highest BCUT2D eigenvalue weighted by atomic mass is 32.2. The summed E-state index contributed by atoms with van der Waals surface area (Å²) in [6.45, 7) is 1.36. The lowest BCUT2D eigenvalue weighted by molar-refractivity contribution is 0.0101. The van der Waals surface area contributed by atoms with E-state index in [1.165, 1.54) is 6.92 Å². The van der Waals surface area contributed by atoms with Crippen LogP contribution in [0.1, 0.15) is 30.1 Å². The molecule has 0 heterocycles. The molecule has 2 rings (SSSR count). The Labute approximate surface area is 119 Å². The number of hydrogen-bond donors (Lipinski definition) is 0. The molecule has 20 heavy (non-hydrogen) atoms. The van der Waals surface area contributed by atoms with Gasteiger partial charge in [-0.1, -0.05) is 29.3 Å². The lowest BCUT2D eigenvalue weighted by Gasteiger charge is -2.27. The zero-order chi connectivity index (χ0) is 14.8. The van der Waals surface area contributed by atoms with E-state index >= 15 is 0 Å². The Morgan fingerprint density at radius 1 is 1.50 bits per heavy atom. The Balaban J connectivity index is 2.08. The molecular formula is C14H16FO4S-. The molecule has 0 amide bonds. The fourth-order valence-electron chi connectivity index (χ4n) is 2.55. The van der Waals surface area contributed by atoms with Crippen molar-refractivity contribution in [3.05, 3.63) is 35.9 Å². The quantitative estimate of drug-likeness (QED) is 0.631. The molecule has 110 valence electrons. The van der Waals surface area contributed by atoms with Gasteiger partial charge in [0.1, 0.15) is 11.8 Å². The van der Waals surface area contributed by atoms with Gasteiger partial charge in [0.25, 0.3) is 0 Å². The average Bonchev–Trinajstić information content (AvgIpc) is 2.67. The molecule has 1 aliphatic rings. The minimum Gasteiger partial charge on any atom is -0.772 e. The lowest BCUT2D eigenvalue weighted by atomic mass is 9.95. The van der Waals surface area contributed by atoms with Crippen LogP contribution in [0.4, 0.5) is 4.39 Å². The predicted molar refractivity (Wildman–Crippen MR) is 71.7 cm³/mol. The first-order chi connectivity index (χ1) is 9.40. The standard InChI is InChI=1S/C14H17FO4S/c1-14(15)8-7-12(11(14)9-20(17)18)19-13(16)10-5-3-2-4-6-10/h2-6,11-12H,7-9H2,1H3,(H,17,18)/p-1. The summed E-state index contributed by atoms with van der Waals surface area (Å²) < 4.78 is 41.2. The maximum atomic E-state index is 14.3. The molecule has 1 fully saturated rings. The van der Waals surface area contributed by atoms with Crippen LogP contribution in [0.25, 0.3) is 0 Å². The van der Waals surface area contributed by atoms with Crippen LogP contribution in [0, 0.1) is 5.92 Å². The third-order valence-electron chi connectivity index (χ3n) is 3.72. The molecule has 0 N–H and O–H groups in total. The highest BCUT2D eigenvalue weighted by molar-refractivity contribution is 7.79. The minimum absolute atomic E-state index is 0.196. The number of benzene rings is 1. The van der Waals surface area contributed by atoms with Crippen LogP contribution in [0.3, 0.4) is 0 Å². The van der Waals surface area contributed by atoms with E-state index < -0.39 is 34.7 Å². The summed E-state index contributed by atoms with van der Waals surface area (Å²) in [5, 5.41) is 0. The fraction of sp³-hybridized carbons (Fsp3) is 0.500. The second-order valence-electron chi connectivity index (χ2n) is 5.20. The number of esters is 1. The smallest absolute Gasteiger partial charge is 0.338 e. The van der Waals surface area contributed by atoms with Crippen molar-refractivity contribution < 1.29 is 22.7 Å². The number of alkyl halides is 1. The van der Waals surface area contributed by atoms with Crippen molar-refractivity contribution in [3.8, 4) is 0 Å². The van der Waals surface area contributed by atoms with E-state index in [4.69, 9.17) is 4.74 Å². The van der Waals surface area contributed by atoms with E-state index in [2.05, 4.69) is 0 Å². The highest BCUT2D eigenvalue weighted by Crippen LogP contribution is 2.41. The first kappa shape index (κ1) is 15.1. The van der Waals surface area contributed by atoms with Gasteiger partial charge in [0, 0.05) is 11.7 Å². The summed E-state index contributed by atoms with van der Waals surface area (Å²) in [6, 6.07) is 8.39. The number of carbonyl (C=O) groups excluding carboxylic acids is 1. The summed E-state index contributed by atoms with van der Waals surface area (Å²) in [5.74, 6) is -1.69. The van der Waals surface area contributed by atoms with Gasteiger partial charge in [-0.2, -0.15) is 0 Å². The van der Waals surface area contributed by atoms with Crippen molar-refractivity contribution >= 4 is 17.0 Å². The van der Waals surface area contributed by atoms with Crippen LogP contribution in [0.5, 0.6) is 0 Å². The molecule has 1 saturated carbocycles. The van der Waals surface area contributed by atoms with Crippen LogP contribution in [0.15, 0.2) is 30.3 Å². The molecule has 6 heteroatoms. The second kappa shape index (κ2) is 6.01. The van der Waals surface area contributed by atoms with Crippen molar-refractivity contribution in [1.82, 2.24) is 0 Å². The Hall–Kier alpha value is -1.27. The molecule has 0 saturated heterocycles. The lowest BCUT2D eigenvalue weighted by Crippen LogP contribution is -2.36. The van der Waals surface area contributed by atoms with Gasteiger partial charge < -0.3 is 9.29 Å². The first-order valence-corrected chi connectivity index (χ1v) is 7.65. The summed E-state index contributed by atoms with van der Waals surface area (Å²) in [7, 11) is 0. The topological polar surface area (TPSA) is 66.4 Å². The SMILES string of the molecule is CC1(F)CCC(OC(=O)c2ccccc2)C1CS(=O)[O-]. The minimum atomic E-state index is -2.36. The van der Waals surface area contributed by atoms with E-state index in [0.29, 0.717) is 12.0 Å². The molecule has 1 aromatic carbocycles. The molecule has 0 radical (unpaired) electrons. The number of halogens is 1. The molecule has 4 nitrogen and oxygen atoms in total. The van der Waals surface area contributed by atoms with E-state index in [0.717, 1.165) is 0 Å². The summed E-state index contributed by atoms with van der Waals surface area (Å²) in [4.78, 5) is 11.9. The first-order valence-electron chi connectivity index (χ1n) is 6.41. The van der Waals surface area contributed by atoms with Crippen molar-refractivity contribution in [1.29, 1.82) is 0 Å². The summed E-state index contributed by atoms with van der Waals surface area (Å²) in [5.41, 5.74) is -1.25. The van der Waals surface area contributed by atoms with Crippen molar-refractivity contribution in [3.63, 3.8) is 0 Å². The molecule has 1 aromatic rings. The maximum Gasteiger partial charge on any atom is 0.338 e. The molecule has 0 bridgehead atoms. The van der Waals surface area contributed by atoms with Gasteiger partial charge in [-0.05, 0) is 31.9 Å². The highest BCUT2D eigenvalue weighted by Gasteiger charge is 2.47. The largest absolute Gasteiger partial charge is 0.772 e. The molecule has 0 spiro atoms. The van der Waals surface area contributed by atoms with Crippen LogP contribution in [-0.4, -0.2) is 32.3 Å². The molecule has 0 aromatic heterocycles. The zero-order valence-corrected chi connectivity index (χ0v) is 11.9. The second-order valence-corrected chi connectivity index (χ2v) is 6.14. The van der Waals surface area contributed by atoms with Crippen molar-refractivity contribution in [2.24, 2.45) is 5.92 Å². The monoisotopic (exact) mass is 299 g/mol. The molecule has 4 atom stereocenters. The average molecular weight is 299 g/mol. The fourth-order valence-corrected chi connectivity index (χ4v) is 3.40. The number of carbonyl (C=O) groups is 1. The van der Waals surface area contributed by atoms with E-state index in [1.54, 1.807) is 30.3 Å². The van der Waals surface area contributed by atoms with Gasteiger partial charge in [0.05, 0.1) is 5.56 Å². The zero-order valence-electron chi connectivity index (χ0n) is 11.1. The third-order valence-corrected chi connectivity index (χ3v) is 4.35. The molecular weight excluding hydrogens is 283 g/mol. The van der Waals surface area contributed by atoms with Gasteiger partial charge in [-0.25, -0.2) is 9.18 Å². The number of ether oxygens (including phenoxy) is 1. The normalized spacial score (nSPS) is 30.9. The Kier molecular flexibility index (Phi) is 4.55. The molecule has 4 unspecified atom stereocenters. The van der Waals surface area contributed by atoms with Crippen molar-refractivity contribution in [2.75, 3.05) is 5.75 Å². The van der Waals surface area contributed by atoms with Gasteiger partial charge in [0.15, 0.2) is 0 Å². The van der Waals surface area contributed by atoms with Crippen LogP contribution in [-0.2, 0) is 15.8 Å². The Morgan fingerprint density at radius 2 is 2.15 bits per heavy atom. The van der Waals surface area contributed by atoms with Gasteiger partial charge in [-0.3, -0.25) is 4.21 Å². The van der Waals surface area contributed by atoms with E-state index in [-0.39, 0.29) is 12.2 Å². The summed E-state index contributed by atoms with van der Waals surface area (Å²) in [6.07, 6.45) is -0.162. The number of rotatable bonds is 4. The predicted octanol–water partition coefficient (Wildman–Crippen LogP) is 2.23. The van der Waals surface area contributed by atoms with Gasteiger partial charge in [-0.15, -0.1) is 0 Å². The Bertz CT molecular complexity index is 503. The Morgan fingerprint density at radius 3 is 2.75 bits per heavy atom. The van der Waals surface area contributed by atoms with Crippen molar-refractivity contribution in [2.45, 2.75) is 31.5 Å². The molecule has 0 aliphatic heterocycles. The van der Waals surface area contributed by atoms with Gasteiger partial charge >= 0.3 is 5.97 Å². The van der Waals surface area contributed by atoms with Gasteiger partial charge in [0.2, 0.25) is 0 Å². The van der Waals surface area contributed by atoms with Crippen LogP contribution < -0.4 is 0 Å². The third kappa shape index (κ3) is 3.43. The molecule has 1 aliphatic carbocycles. The number of hydrogen-bond acceptors (Lipinski definition) is 4. The van der Waals surface area contributed by atoms with Crippen LogP contribution >= 0.6 is 0 Å².